The van der Waals surface area contributed by atoms with E-state index in [1.807, 2.05) is 6.92 Å². The molecule has 2 aliphatic rings. The van der Waals surface area contributed by atoms with E-state index in [0.29, 0.717) is 6.42 Å². The Hall–Kier alpha value is -1.17. The summed E-state index contributed by atoms with van der Waals surface area (Å²) in [5, 5.41) is 20.2. The summed E-state index contributed by atoms with van der Waals surface area (Å²) in [5.41, 5.74) is 0.898. The molecule has 22 heavy (non-hydrogen) atoms. The van der Waals surface area contributed by atoms with Crippen LogP contribution in [0.2, 0.25) is 0 Å². The Morgan fingerprint density at radius 1 is 1.27 bits per heavy atom. The number of rotatable bonds is 1. The fourth-order valence-electron chi connectivity index (χ4n) is 3.70. The second-order valence-corrected chi connectivity index (χ2v) is 7.17. The van der Waals surface area contributed by atoms with Crippen LogP contribution in [-0.2, 0) is 4.74 Å². The molecule has 2 saturated heterocycles. The van der Waals surface area contributed by atoms with Gasteiger partial charge in [0, 0.05) is 25.2 Å². The summed E-state index contributed by atoms with van der Waals surface area (Å²) in [6.07, 6.45) is 1.40. The van der Waals surface area contributed by atoms with Crippen LogP contribution in [0.15, 0.2) is 12.1 Å². The maximum absolute atomic E-state index is 10.4. The van der Waals surface area contributed by atoms with Gasteiger partial charge >= 0.3 is 0 Å². The van der Waals surface area contributed by atoms with Crippen molar-refractivity contribution < 1.29 is 14.9 Å². The lowest BCUT2D eigenvalue weighted by Gasteiger charge is -2.50. The average molecular weight is 306 g/mol. The maximum atomic E-state index is 10.4. The Morgan fingerprint density at radius 3 is 2.55 bits per heavy atom. The van der Waals surface area contributed by atoms with Crippen molar-refractivity contribution in [3.8, 4) is 0 Å². The zero-order valence-electron chi connectivity index (χ0n) is 13.7. The number of hydrogen-bond donors (Lipinski definition) is 2. The van der Waals surface area contributed by atoms with Crippen LogP contribution in [0.1, 0.15) is 37.4 Å². The molecular formula is C17H26N2O3. The molecule has 5 nitrogen and oxygen atoms in total. The van der Waals surface area contributed by atoms with E-state index >= 15 is 0 Å². The number of anilines is 1. The molecule has 0 aromatic carbocycles. The molecule has 3 rings (SSSR count). The van der Waals surface area contributed by atoms with Crippen LogP contribution in [-0.4, -0.2) is 52.2 Å². The van der Waals surface area contributed by atoms with Gasteiger partial charge in [0.15, 0.2) is 0 Å². The van der Waals surface area contributed by atoms with E-state index in [4.69, 9.17) is 4.74 Å². The molecule has 0 radical (unpaired) electrons. The van der Waals surface area contributed by atoms with E-state index in [1.54, 1.807) is 6.92 Å². The number of piperidine rings is 1. The lowest BCUT2D eigenvalue weighted by Crippen LogP contribution is -2.59. The first kappa shape index (κ1) is 15.7. The summed E-state index contributed by atoms with van der Waals surface area (Å²) in [4.78, 5) is 6.91. The standard InChI is InChI=1S/C17H26N2O3/c1-12-8-13(2)18-15(9-12)19-6-4-17(5-7-19)11-16(3,21)14(20)10-22-17/h8-9,14,20-21H,4-7,10-11H2,1-3H3/t14-,16-/m0/s1. The largest absolute Gasteiger partial charge is 0.388 e. The Balaban J connectivity index is 1.70. The Morgan fingerprint density at radius 2 is 1.95 bits per heavy atom. The molecule has 3 heterocycles. The molecule has 0 amide bonds. The molecular weight excluding hydrogens is 280 g/mol. The molecule has 2 atom stereocenters. The topological polar surface area (TPSA) is 65.8 Å². The van der Waals surface area contributed by atoms with E-state index in [1.165, 1.54) is 5.56 Å². The van der Waals surface area contributed by atoms with Crippen LogP contribution in [0.3, 0.4) is 0 Å². The van der Waals surface area contributed by atoms with Gasteiger partial charge in [0.1, 0.15) is 11.9 Å². The lowest BCUT2D eigenvalue weighted by molar-refractivity contribution is -0.216. The molecule has 2 aliphatic heterocycles. The highest BCUT2D eigenvalue weighted by Gasteiger charge is 2.48. The van der Waals surface area contributed by atoms with E-state index in [9.17, 15) is 10.2 Å². The van der Waals surface area contributed by atoms with Crippen molar-refractivity contribution in [3.05, 3.63) is 23.4 Å². The van der Waals surface area contributed by atoms with Gasteiger partial charge in [-0.2, -0.15) is 0 Å². The SMILES string of the molecule is Cc1cc(C)nc(N2CCC3(CC2)C[C@](C)(O)[C@@H](O)CO3)c1. The fourth-order valence-corrected chi connectivity index (χ4v) is 3.70. The number of ether oxygens (including phenoxy) is 1. The molecule has 1 aromatic rings. The van der Waals surface area contributed by atoms with Crippen LogP contribution in [0.25, 0.3) is 0 Å². The van der Waals surface area contributed by atoms with E-state index < -0.39 is 11.7 Å². The van der Waals surface area contributed by atoms with Crippen LogP contribution < -0.4 is 4.90 Å². The highest BCUT2D eigenvalue weighted by atomic mass is 16.5. The molecule has 2 fully saturated rings. The van der Waals surface area contributed by atoms with Crippen LogP contribution >= 0.6 is 0 Å². The molecule has 2 N–H and O–H groups in total. The summed E-state index contributed by atoms with van der Waals surface area (Å²) < 4.78 is 5.93. The average Bonchev–Trinajstić information content (AvgIpc) is 2.43. The van der Waals surface area contributed by atoms with Gasteiger partial charge in [-0.05, 0) is 51.3 Å². The van der Waals surface area contributed by atoms with Gasteiger partial charge in [-0.25, -0.2) is 4.98 Å². The number of nitrogens with zero attached hydrogens (tertiary/aromatic N) is 2. The summed E-state index contributed by atoms with van der Waals surface area (Å²) >= 11 is 0. The minimum atomic E-state index is -1.06. The molecule has 0 saturated carbocycles. The number of aliphatic hydroxyl groups excluding tert-OH is 1. The van der Waals surface area contributed by atoms with Gasteiger partial charge in [0.25, 0.3) is 0 Å². The van der Waals surface area contributed by atoms with Crippen molar-refractivity contribution in [2.24, 2.45) is 0 Å². The third-order valence-corrected chi connectivity index (χ3v) is 5.03. The van der Waals surface area contributed by atoms with Gasteiger partial charge in [0.05, 0.1) is 17.8 Å². The molecule has 1 spiro atoms. The van der Waals surface area contributed by atoms with Crippen molar-refractivity contribution >= 4 is 5.82 Å². The molecule has 0 aliphatic carbocycles. The molecule has 0 unspecified atom stereocenters. The number of aryl methyl sites for hydroxylation is 2. The third kappa shape index (κ3) is 2.98. The van der Waals surface area contributed by atoms with Crippen molar-refractivity contribution in [1.29, 1.82) is 0 Å². The second-order valence-electron chi connectivity index (χ2n) is 7.17. The fraction of sp³-hybridized carbons (Fsp3) is 0.706. The maximum Gasteiger partial charge on any atom is 0.129 e. The quantitative estimate of drug-likeness (QED) is 0.824. The Bertz CT molecular complexity index is 531. The van der Waals surface area contributed by atoms with E-state index in [0.717, 1.165) is 37.4 Å². The minimum absolute atomic E-state index is 0.217. The first-order valence-electron chi connectivity index (χ1n) is 8.04. The predicted molar refractivity (Wildman–Crippen MR) is 85.1 cm³/mol. The molecule has 5 heteroatoms. The van der Waals surface area contributed by atoms with E-state index in [2.05, 4.69) is 28.9 Å². The summed E-state index contributed by atoms with van der Waals surface area (Å²) in [6.45, 7) is 7.76. The van der Waals surface area contributed by atoms with Crippen molar-refractivity contribution in [2.45, 2.75) is 57.3 Å². The second kappa shape index (κ2) is 5.48. The highest BCUT2D eigenvalue weighted by molar-refractivity contribution is 5.43. The molecule has 122 valence electrons. The van der Waals surface area contributed by atoms with Crippen molar-refractivity contribution in [1.82, 2.24) is 4.98 Å². The Labute approximate surface area is 131 Å². The van der Waals surface area contributed by atoms with Gasteiger partial charge in [-0.15, -0.1) is 0 Å². The zero-order chi connectivity index (χ0) is 16.0. The first-order chi connectivity index (χ1) is 10.3. The lowest BCUT2D eigenvalue weighted by atomic mass is 9.76. The van der Waals surface area contributed by atoms with Gasteiger partial charge in [0.2, 0.25) is 0 Å². The normalized spacial score (nSPS) is 31.5. The van der Waals surface area contributed by atoms with Crippen LogP contribution in [0.4, 0.5) is 5.82 Å². The van der Waals surface area contributed by atoms with E-state index in [-0.39, 0.29) is 12.2 Å². The highest BCUT2D eigenvalue weighted by Crippen LogP contribution is 2.40. The third-order valence-electron chi connectivity index (χ3n) is 5.03. The number of aromatic nitrogens is 1. The van der Waals surface area contributed by atoms with Crippen LogP contribution in [0.5, 0.6) is 0 Å². The van der Waals surface area contributed by atoms with Crippen molar-refractivity contribution in [2.75, 3.05) is 24.6 Å². The Kier molecular flexibility index (Phi) is 3.91. The summed E-state index contributed by atoms with van der Waals surface area (Å²) in [7, 11) is 0. The minimum Gasteiger partial charge on any atom is -0.388 e. The van der Waals surface area contributed by atoms with Crippen molar-refractivity contribution in [3.63, 3.8) is 0 Å². The zero-order valence-corrected chi connectivity index (χ0v) is 13.7. The summed E-state index contributed by atoms with van der Waals surface area (Å²) in [5.74, 6) is 1.02. The number of hydrogen-bond acceptors (Lipinski definition) is 5. The smallest absolute Gasteiger partial charge is 0.129 e. The van der Waals surface area contributed by atoms with Crippen LogP contribution in [0, 0.1) is 13.8 Å². The monoisotopic (exact) mass is 306 g/mol. The number of aliphatic hydroxyl groups is 2. The molecule has 0 bridgehead atoms. The molecule has 1 aromatic heterocycles. The van der Waals surface area contributed by atoms with Gasteiger partial charge < -0.3 is 19.8 Å². The predicted octanol–water partition coefficient (Wildman–Crippen LogP) is 1.57. The number of pyridine rings is 1. The van der Waals surface area contributed by atoms with Gasteiger partial charge in [-0.3, -0.25) is 0 Å². The first-order valence-corrected chi connectivity index (χ1v) is 8.04. The summed E-state index contributed by atoms with van der Waals surface area (Å²) in [6, 6.07) is 4.20. The van der Waals surface area contributed by atoms with Gasteiger partial charge in [-0.1, -0.05) is 0 Å².